The van der Waals surface area contributed by atoms with E-state index in [1.165, 1.54) is 13.0 Å². The fraction of sp³-hybridized carbons (Fsp3) is 0.500. The summed E-state index contributed by atoms with van der Waals surface area (Å²) in [6.07, 6.45) is -2.62. The maximum Gasteiger partial charge on any atom is 0.407 e. The van der Waals surface area contributed by atoms with Crippen LogP contribution >= 0.6 is 11.6 Å². The summed E-state index contributed by atoms with van der Waals surface area (Å²) in [5.41, 5.74) is -0.690. The highest BCUT2D eigenvalue weighted by Gasteiger charge is 2.32. The molecule has 0 saturated carbocycles. The number of aliphatic hydroxyl groups excluding tert-OH is 1. The minimum atomic E-state index is -1.40. The molecule has 0 aliphatic carbocycles. The quantitative estimate of drug-likeness (QED) is 0.727. The van der Waals surface area contributed by atoms with Gasteiger partial charge in [0.1, 0.15) is 17.9 Å². The van der Waals surface area contributed by atoms with Gasteiger partial charge in [-0.05, 0) is 40.7 Å². The van der Waals surface area contributed by atoms with E-state index in [1.54, 1.807) is 27.7 Å². The fourth-order valence-electron chi connectivity index (χ4n) is 2.55. The van der Waals surface area contributed by atoms with Crippen LogP contribution in [0.15, 0.2) is 6.07 Å². The molecule has 1 amide bonds. The fourth-order valence-corrected chi connectivity index (χ4v) is 2.80. The van der Waals surface area contributed by atoms with Crippen LogP contribution in [0, 0.1) is 11.3 Å². The molecule has 142 valence electrons. The van der Waals surface area contributed by atoms with Crippen molar-refractivity contribution < 1.29 is 24.5 Å². The average molecular weight is 383 g/mol. The number of rotatable bonds is 6. The molecule has 1 aromatic carbocycles. The number of aliphatic hydroxyl groups is 1. The summed E-state index contributed by atoms with van der Waals surface area (Å²) in [6, 6.07) is 3.22. The summed E-state index contributed by atoms with van der Waals surface area (Å²) in [7, 11) is 0. The van der Waals surface area contributed by atoms with Crippen LogP contribution in [0.3, 0.4) is 0 Å². The molecule has 0 aliphatic heterocycles. The zero-order valence-electron chi connectivity index (χ0n) is 15.5. The number of β-amino-alcohol motifs (C(OH)–C–C–N with tert-alkyl or cyclic N) is 1. The van der Waals surface area contributed by atoms with E-state index in [1.807, 2.05) is 6.07 Å². The normalized spacial score (nSPS) is 12.2. The lowest BCUT2D eigenvalue weighted by molar-refractivity contribution is 0.0543. The van der Waals surface area contributed by atoms with Gasteiger partial charge < -0.3 is 19.8 Å². The second-order valence-corrected chi connectivity index (χ2v) is 7.11. The van der Waals surface area contributed by atoms with E-state index in [2.05, 4.69) is 0 Å². The molecule has 1 atom stereocenters. The number of halogens is 1. The van der Waals surface area contributed by atoms with Gasteiger partial charge in [-0.15, -0.1) is 0 Å². The minimum absolute atomic E-state index is 0.00663. The van der Waals surface area contributed by atoms with Crippen molar-refractivity contribution >= 4 is 23.5 Å². The van der Waals surface area contributed by atoms with Crippen LogP contribution in [0.1, 0.15) is 62.2 Å². The van der Waals surface area contributed by atoms with Crippen LogP contribution in [-0.2, 0) is 0 Å². The Kier molecular flexibility index (Phi) is 7.01. The van der Waals surface area contributed by atoms with Crippen molar-refractivity contribution in [2.24, 2.45) is 0 Å². The average Bonchev–Trinajstić information content (AvgIpc) is 2.51. The summed E-state index contributed by atoms with van der Waals surface area (Å²) >= 11 is 6.11. The van der Waals surface area contributed by atoms with E-state index in [-0.39, 0.29) is 46.4 Å². The summed E-state index contributed by atoms with van der Waals surface area (Å²) in [4.78, 5) is 24.6. The topological polar surface area (TPSA) is 111 Å². The Morgan fingerprint density at radius 3 is 2.38 bits per heavy atom. The molecule has 0 radical (unpaired) electrons. The highest BCUT2D eigenvalue weighted by atomic mass is 35.5. The molecule has 0 heterocycles. The lowest BCUT2D eigenvalue weighted by Crippen LogP contribution is -2.47. The summed E-state index contributed by atoms with van der Waals surface area (Å²) in [5.74, 6) is -0.299. The number of hydrogen-bond acceptors (Lipinski definition) is 5. The number of carbonyl (C=O) groups excluding carboxylic acids is 1. The van der Waals surface area contributed by atoms with Crippen LogP contribution in [-0.4, -0.2) is 45.7 Å². The summed E-state index contributed by atoms with van der Waals surface area (Å²) in [6.45, 7) is 7.93. The molecule has 0 bridgehead atoms. The standard InChI is InChI=1S/C18H23ClN2O5/c1-6-26-16-11(10(2)22)7-13(19)12(8-20)15(16)14(23)9-21(17(24)25)18(3,4)5/h7,14,23H,6,9H2,1-5H3,(H,24,25). The molecule has 7 nitrogen and oxygen atoms in total. The van der Waals surface area contributed by atoms with E-state index in [0.29, 0.717) is 0 Å². The van der Waals surface area contributed by atoms with Crippen molar-refractivity contribution in [2.45, 2.75) is 46.3 Å². The van der Waals surface area contributed by atoms with E-state index >= 15 is 0 Å². The molecule has 0 aliphatic rings. The largest absolute Gasteiger partial charge is 0.493 e. The van der Waals surface area contributed by atoms with Gasteiger partial charge in [0, 0.05) is 11.1 Å². The van der Waals surface area contributed by atoms with Gasteiger partial charge in [-0.1, -0.05) is 11.6 Å². The van der Waals surface area contributed by atoms with E-state index < -0.39 is 17.7 Å². The molecule has 0 fully saturated rings. The van der Waals surface area contributed by atoms with E-state index in [9.17, 15) is 25.1 Å². The molecule has 2 N–H and O–H groups in total. The first-order chi connectivity index (χ1) is 11.9. The Hall–Kier alpha value is -2.30. The Morgan fingerprint density at radius 1 is 1.42 bits per heavy atom. The molecule has 0 aromatic heterocycles. The number of hydrogen-bond donors (Lipinski definition) is 2. The molecule has 8 heteroatoms. The van der Waals surface area contributed by atoms with Crippen molar-refractivity contribution in [1.29, 1.82) is 5.26 Å². The lowest BCUT2D eigenvalue weighted by Gasteiger charge is -2.35. The molecule has 1 unspecified atom stereocenters. The van der Waals surface area contributed by atoms with Gasteiger partial charge in [0.2, 0.25) is 0 Å². The monoisotopic (exact) mass is 382 g/mol. The predicted octanol–water partition coefficient (Wildman–Crippen LogP) is 3.62. The Morgan fingerprint density at radius 2 is 2.00 bits per heavy atom. The number of ketones is 1. The predicted molar refractivity (Wildman–Crippen MR) is 96.8 cm³/mol. The molecular formula is C18H23ClN2O5. The van der Waals surface area contributed by atoms with Crippen molar-refractivity contribution in [3.05, 3.63) is 27.8 Å². The number of nitrogens with zero attached hydrogens (tertiary/aromatic N) is 2. The third kappa shape index (κ3) is 4.65. The van der Waals surface area contributed by atoms with Gasteiger partial charge in [-0.3, -0.25) is 4.79 Å². The number of carboxylic acid groups (broad SMARTS) is 1. The number of carbonyl (C=O) groups is 2. The van der Waals surface area contributed by atoms with Crippen LogP contribution in [0.25, 0.3) is 0 Å². The second kappa shape index (κ2) is 8.39. The molecule has 1 aromatic rings. The summed E-state index contributed by atoms with van der Waals surface area (Å²) in [5, 5.41) is 29.6. The number of nitriles is 1. The first kappa shape index (κ1) is 21.7. The molecular weight excluding hydrogens is 360 g/mol. The van der Waals surface area contributed by atoms with E-state index in [0.717, 1.165) is 4.90 Å². The SMILES string of the molecule is CCOc1c(C(C)=O)cc(Cl)c(C#N)c1C(O)CN(C(=O)O)C(C)(C)C. The van der Waals surface area contributed by atoms with Crippen LogP contribution in [0.5, 0.6) is 5.75 Å². The Bertz CT molecular complexity index is 749. The third-order valence-corrected chi connectivity index (χ3v) is 4.08. The van der Waals surface area contributed by atoms with Gasteiger partial charge >= 0.3 is 6.09 Å². The summed E-state index contributed by atoms with van der Waals surface area (Å²) < 4.78 is 5.52. The lowest BCUT2D eigenvalue weighted by atomic mass is 9.95. The first-order valence-corrected chi connectivity index (χ1v) is 8.42. The van der Waals surface area contributed by atoms with Gasteiger partial charge in [0.25, 0.3) is 0 Å². The number of Topliss-reactive ketones (excluding diaryl/α,β-unsaturated/α-hetero) is 1. The van der Waals surface area contributed by atoms with Crippen molar-refractivity contribution in [3.8, 4) is 11.8 Å². The van der Waals surface area contributed by atoms with E-state index in [4.69, 9.17) is 16.3 Å². The Balaban J connectivity index is 3.60. The van der Waals surface area contributed by atoms with Crippen LogP contribution < -0.4 is 4.74 Å². The van der Waals surface area contributed by atoms with Crippen molar-refractivity contribution in [3.63, 3.8) is 0 Å². The molecule has 0 saturated heterocycles. The maximum absolute atomic E-state index is 11.9. The molecule has 0 spiro atoms. The maximum atomic E-state index is 11.9. The van der Waals surface area contributed by atoms with Crippen LogP contribution in [0.2, 0.25) is 5.02 Å². The van der Waals surface area contributed by atoms with Gasteiger partial charge in [-0.25, -0.2) is 4.79 Å². The van der Waals surface area contributed by atoms with Gasteiger partial charge in [0.05, 0.1) is 29.3 Å². The molecule has 26 heavy (non-hydrogen) atoms. The third-order valence-electron chi connectivity index (χ3n) is 3.78. The highest BCUT2D eigenvalue weighted by molar-refractivity contribution is 6.32. The first-order valence-electron chi connectivity index (χ1n) is 8.04. The number of amides is 1. The smallest absolute Gasteiger partial charge is 0.407 e. The van der Waals surface area contributed by atoms with Gasteiger partial charge in [-0.2, -0.15) is 5.26 Å². The van der Waals surface area contributed by atoms with Gasteiger partial charge in [0.15, 0.2) is 5.78 Å². The minimum Gasteiger partial charge on any atom is -0.493 e. The zero-order valence-corrected chi connectivity index (χ0v) is 16.2. The highest BCUT2D eigenvalue weighted by Crippen LogP contribution is 2.38. The number of benzene rings is 1. The number of ether oxygens (including phenoxy) is 1. The van der Waals surface area contributed by atoms with Crippen molar-refractivity contribution in [1.82, 2.24) is 4.90 Å². The van der Waals surface area contributed by atoms with Crippen LogP contribution in [0.4, 0.5) is 4.79 Å². The Labute approximate surface area is 157 Å². The zero-order chi connectivity index (χ0) is 20.2. The second-order valence-electron chi connectivity index (χ2n) is 6.70. The van der Waals surface area contributed by atoms with Crippen molar-refractivity contribution in [2.75, 3.05) is 13.2 Å². The molecule has 1 rings (SSSR count).